The zero-order chi connectivity index (χ0) is 16.6. The van der Waals surface area contributed by atoms with Crippen LogP contribution in [0.4, 0.5) is 0 Å². The van der Waals surface area contributed by atoms with Crippen molar-refractivity contribution in [2.75, 3.05) is 0 Å². The fraction of sp³-hybridized carbons (Fsp3) is 0.286. The van der Waals surface area contributed by atoms with Gasteiger partial charge in [0.1, 0.15) is 17.2 Å². The first-order valence-electron chi connectivity index (χ1n) is 5.67. The second-order valence-electron chi connectivity index (χ2n) is 4.68. The molecule has 0 saturated carbocycles. The number of nitrogens with zero attached hydrogens (tertiary/aromatic N) is 1. The molecule has 0 atom stereocenters. The highest BCUT2D eigenvalue weighted by Gasteiger charge is 2.25. The Labute approximate surface area is 144 Å². The van der Waals surface area contributed by atoms with Gasteiger partial charge in [-0.2, -0.15) is 5.26 Å². The van der Waals surface area contributed by atoms with E-state index in [1.54, 1.807) is 26.8 Å². The van der Waals surface area contributed by atoms with Gasteiger partial charge >= 0.3 is 5.97 Å². The molecular formula is C14H13Cl2NO2S2. The molecule has 7 heteroatoms. The van der Waals surface area contributed by atoms with Crippen molar-refractivity contribution >= 4 is 63.3 Å². The van der Waals surface area contributed by atoms with Crippen molar-refractivity contribution in [1.29, 1.82) is 5.26 Å². The first-order valence-corrected chi connectivity index (χ1v) is 7.36. The van der Waals surface area contributed by atoms with Crippen molar-refractivity contribution in [3.05, 3.63) is 34.4 Å². The number of nitriles is 1. The number of hydrogen-bond acceptors (Lipinski definition) is 5. The van der Waals surface area contributed by atoms with E-state index in [0.717, 1.165) is 0 Å². The third kappa shape index (κ3) is 6.96. The molecule has 0 saturated heterocycles. The van der Waals surface area contributed by atoms with Crippen LogP contribution < -0.4 is 0 Å². The summed E-state index contributed by atoms with van der Waals surface area (Å²) in [5, 5.41) is 9.26. The summed E-state index contributed by atoms with van der Waals surface area (Å²) < 4.78 is 5.18. The summed E-state index contributed by atoms with van der Waals surface area (Å²) in [5.74, 6) is -0.810. The smallest absolute Gasteiger partial charge is 0.350 e. The van der Waals surface area contributed by atoms with Crippen LogP contribution in [-0.2, 0) is 9.53 Å². The largest absolute Gasteiger partial charge is 0.456 e. The first kappa shape index (κ1) is 19.9. The maximum absolute atomic E-state index is 12.1. The summed E-state index contributed by atoms with van der Waals surface area (Å²) >= 11 is 21.2. The number of ether oxygens (including phenoxy) is 1. The highest BCUT2D eigenvalue weighted by atomic mass is 35.5. The van der Waals surface area contributed by atoms with Crippen molar-refractivity contribution in [2.45, 2.75) is 26.4 Å². The molecule has 0 amide bonds. The van der Waals surface area contributed by atoms with Gasteiger partial charge in [0.25, 0.3) is 0 Å². The average Bonchev–Trinajstić information content (AvgIpc) is 2.33. The fourth-order valence-corrected chi connectivity index (χ4v) is 2.21. The minimum atomic E-state index is -0.810. The molecule has 0 aromatic heterocycles. The number of carbonyl (C=O) groups excluding carboxylic acids is 1. The minimum absolute atomic E-state index is 0.0885. The molecule has 0 aromatic rings. The Hall–Kier alpha value is -1.06. The van der Waals surface area contributed by atoms with Crippen molar-refractivity contribution in [3.63, 3.8) is 0 Å². The van der Waals surface area contributed by atoms with Crippen LogP contribution in [0.25, 0.3) is 0 Å². The van der Waals surface area contributed by atoms with E-state index in [1.807, 2.05) is 0 Å². The van der Waals surface area contributed by atoms with Gasteiger partial charge in [0.15, 0.2) is 0 Å². The SMILES string of the molecule is CC(C)(C)OC(=O)C(C#N)=C(C(=S)C=CCl)C(=S)C=CCl. The van der Waals surface area contributed by atoms with Crippen molar-refractivity contribution < 1.29 is 9.53 Å². The normalized spacial score (nSPS) is 11.2. The van der Waals surface area contributed by atoms with Gasteiger partial charge in [0, 0.05) is 26.4 Å². The van der Waals surface area contributed by atoms with E-state index in [0.29, 0.717) is 0 Å². The standard InChI is InChI=1S/C14H13Cl2NO2S2/c1-14(2,3)19-13(18)9(8-17)12(10(20)4-6-15)11(21)5-7-16/h4-7H,1-3H3. The molecule has 0 radical (unpaired) electrons. The zero-order valence-corrected chi connectivity index (χ0v) is 14.8. The molecule has 3 nitrogen and oxygen atoms in total. The van der Waals surface area contributed by atoms with Crippen LogP contribution in [0.3, 0.4) is 0 Å². The number of esters is 1. The van der Waals surface area contributed by atoms with Crippen LogP contribution in [0.15, 0.2) is 34.4 Å². The molecule has 0 spiro atoms. The summed E-state index contributed by atoms with van der Waals surface area (Å²) in [6, 6.07) is 1.78. The lowest BCUT2D eigenvalue weighted by molar-refractivity contribution is -0.149. The van der Waals surface area contributed by atoms with Crippen LogP contribution in [0, 0.1) is 11.3 Å². The number of rotatable bonds is 5. The van der Waals surface area contributed by atoms with Gasteiger partial charge in [0.2, 0.25) is 0 Å². The Kier molecular flexibility index (Phi) is 8.60. The third-order valence-corrected chi connectivity index (χ3v) is 2.82. The van der Waals surface area contributed by atoms with E-state index in [4.69, 9.17) is 52.4 Å². The van der Waals surface area contributed by atoms with Gasteiger partial charge in [-0.3, -0.25) is 0 Å². The number of allylic oxidation sites excluding steroid dienone is 3. The lowest BCUT2D eigenvalue weighted by Gasteiger charge is -2.20. The quantitative estimate of drug-likeness (QED) is 0.314. The Balaban J connectivity index is 6.01. The third-order valence-electron chi connectivity index (χ3n) is 1.89. The van der Waals surface area contributed by atoms with Gasteiger partial charge in [-0.25, -0.2) is 4.79 Å². The van der Waals surface area contributed by atoms with Crippen molar-refractivity contribution in [3.8, 4) is 6.07 Å². The van der Waals surface area contributed by atoms with Crippen LogP contribution in [0.2, 0.25) is 0 Å². The molecule has 0 aromatic carbocycles. The molecule has 0 aliphatic rings. The summed E-state index contributed by atoms with van der Waals surface area (Å²) in [4.78, 5) is 12.4. The first-order chi connectivity index (χ1) is 9.67. The Bertz CT molecular complexity index is 553. The van der Waals surface area contributed by atoms with Gasteiger partial charge < -0.3 is 4.74 Å². The molecule has 112 valence electrons. The van der Waals surface area contributed by atoms with Gasteiger partial charge in [-0.15, -0.1) is 0 Å². The molecule has 0 N–H and O–H groups in total. The number of carbonyl (C=O) groups is 1. The lowest BCUT2D eigenvalue weighted by Crippen LogP contribution is -2.26. The predicted octanol–water partition coefficient (Wildman–Crippen LogP) is 4.39. The highest BCUT2D eigenvalue weighted by Crippen LogP contribution is 2.17. The van der Waals surface area contributed by atoms with Gasteiger partial charge in [-0.1, -0.05) is 47.6 Å². The molecule has 0 bridgehead atoms. The van der Waals surface area contributed by atoms with E-state index in [-0.39, 0.29) is 20.9 Å². The number of halogens is 2. The highest BCUT2D eigenvalue weighted by molar-refractivity contribution is 7.83. The minimum Gasteiger partial charge on any atom is -0.456 e. The van der Waals surface area contributed by atoms with Crippen LogP contribution in [0.5, 0.6) is 0 Å². The molecule has 21 heavy (non-hydrogen) atoms. The summed E-state index contributed by atoms with van der Waals surface area (Å²) in [7, 11) is 0. The van der Waals surface area contributed by atoms with Crippen molar-refractivity contribution in [1.82, 2.24) is 0 Å². The monoisotopic (exact) mass is 361 g/mol. The van der Waals surface area contributed by atoms with Crippen LogP contribution >= 0.6 is 47.6 Å². The summed E-state index contributed by atoms with van der Waals surface area (Å²) in [5.41, 5.74) is 1.38. The van der Waals surface area contributed by atoms with E-state index in [9.17, 15) is 10.1 Å². The van der Waals surface area contributed by atoms with Gasteiger partial charge in [0.05, 0.1) is 0 Å². The Morgan fingerprint density at radius 2 is 1.57 bits per heavy atom. The Morgan fingerprint density at radius 3 is 1.86 bits per heavy atom. The Morgan fingerprint density at radius 1 is 1.14 bits per heavy atom. The van der Waals surface area contributed by atoms with E-state index >= 15 is 0 Å². The van der Waals surface area contributed by atoms with Crippen LogP contribution in [-0.4, -0.2) is 21.3 Å². The maximum atomic E-state index is 12.1. The van der Waals surface area contributed by atoms with E-state index < -0.39 is 11.6 Å². The molecule has 0 unspecified atom stereocenters. The molecule has 0 fully saturated rings. The predicted molar refractivity (Wildman–Crippen MR) is 93.7 cm³/mol. The average molecular weight is 362 g/mol. The summed E-state index contributed by atoms with van der Waals surface area (Å²) in [6.07, 6.45) is 2.70. The second-order valence-corrected chi connectivity index (χ2v) is 6.06. The zero-order valence-electron chi connectivity index (χ0n) is 11.6. The molecule has 0 heterocycles. The molecule has 0 aliphatic carbocycles. The van der Waals surface area contributed by atoms with Gasteiger partial charge in [-0.05, 0) is 32.9 Å². The van der Waals surface area contributed by atoms with E-state index in [1.165, 1.54) is 23.2 Å². The number of thiocarbonyl (C=S) groups is 2. The fourth-order valence-electron chi connectivity index (χ4n) is 1.18. The maximum Gasteiger partial charge on any atom is 0.350 e. The second kappa shape index (κ2) is 9.06. The molecule has 0 rings (SSSR count). The van der Waals surface area contributed by atoms with E-state index in [2.05, 4.69) is 0 Å². The van der Waals surface area contributed by atoms with Crippen molar-refractivity contribution in [2.24, 2.45) is 0 Å². The molecular weight excluding hydrogens is 349 g/mol. The molecule has 0 aliphatic heterocycles. The lowest BCUT2D eigenvalue weighted by atomic mass is 10.0. The topological polar surface area (TPSA) is 50.1 Å². The number of hydrogen-bond donors (Lipinski definition) is 0. The summed E-state index contributed by atoms with van der Waals surface area (Å²) in [6.45, 7) is 5.06. The van der Waals surface area contributed by atoms with Crippen LogP contribution in [0.1, 0.15) is 20.8 Å².